The monoisotopic (exact) mass is 219 g/mol. The topological polar surface area (TPSA) is 67.5 Å². The first kappa shape index (κ1) is 12.2. The lowest BCUT2D eigenvalue weighted by Crippen LogP contribution is -2.24. The molecule has 0 aromatic heterocycles. The number of carbonyl (C=O) groups excluding carboxylic acids is 1. The van der Waals surface area contributed by atoms with Crippen molar-refractivity contribution in [3.8, 4) is 0 Å². The number of nitrogens with zero attached hydrogens (tertiary/aromatic N) is 1. The number of hydrogen-bond acceptors (Lipinski definition) is 2. The van der Waals surface area contributed by atoms with Crippen molar-refractivity contribution in [1.82, 2.24) is 5.43 Å². The number of rotatable bonds is 2. The molecule has 1 aromatic carbocycles. The van der Waals surface area contributed by atoms with Crippen LogP contribution >= 0.6 is 0 Å². The third-order valence-electron chi connectivity index (χ3n) is 2.17. The second kappa shape index (κ2) is 4.79. The highest BCUT2D eigenvalue weighted by molar-refractivity contribution is 5.81. The molecule has 0 unspecified atom stereocenters. The lowest BCUT2D eigenvalue weighted by Gasteiger charge is -2.18. The van der Waals surface area contributed by atoms with Crippen molar-refractivity contribution in [3.63, 3.8) is 0 Å². The molecule has 0 saturated carbocycles. The summed E-state index contributed by atoms with van der Waals surface area (Å²) in [5.74, 6) is 0. The van der Waals surface area contributed by atoms with E-state index in [1.807, 2.05) is 24.3 Å². The molecule has 0 aliphatic carbocycles. The van der Waals surface area contributed by atoms with Gasteiger partial charge in [0.05, 0.1) is 6.21 Å². The van der Waals surface area contributed by atoms with Crippen LogP contribution in [0, 0.1) is 0 Å². The highest BCUT2D eigenvalue weighted by Crippen LogP contribution is 2.21. The fourth-order valence-electron chi connectivity index (χ4n) is 1.24. The zero-order chi connectivity index (χ0) is 12.2. The van der Waals surface area contributed by atoms with E-state index < -0.39 is 6.03 Å². The number of carbonyl (C=O) groups is 1. The Morgan fingerprint density at radius 3 is 2.31 bits per heavy atom. The van der Waals surface area contributed by atoms with Gasteiger partial charge in [-0.05, 0) is 16.5 Å². The molecule has 86 valence electrons. The average molecular weight is 219 g/mol. The van der Waals surface area contributed by atoms with Gasteiger partial charge < -0.3 is 5.73 Å². The molecular weight excluding hydrogens is 202 g/mol. The summed E-state index contributed by atoms with van der Waals surface area (Å²) >= 11 is 0. The summed E-state index contributed by atoms with van der Waals surface area (Å²) in [4.78, 5) is 10.4. The summed E-state index contributed by atoms with van der Waals surface area (Å²) in [7, 11) is 0. The fraction of sp³-hybridized carbons (Fsp3) is 0.333. The van der Waals surface area contributed by atoms with Crippen LogP contribution in [0.4, 0.5) is 4.79 Å². The highest BCUT2D eigenvalue weighted by Gasteiger charge is 2.12. The summed E-state index contributed by atoms with van der Waals surface area (Å²) in [5.41, 5.74) is 9.34. The van der Waals surface area contributed by atoms with Gasteiger partial charge in [0.25, 0.3) is 0 Å². The van der Waals surface area contributed by atoms with Gasteiger partial charge in [0, 0.05) is 0 Å². The van der Waals surface area contributed by atoms with Crippen LogP contribution in [0.3, 0.4) is 0 Å². The van der Waals surface area contributed by atoms with Gasteiger partial charge >= 0.3 is 6.03 Å². The minimum Gasteiger partial charge on any atom is -0.350 e. The van der Waals surface area contributed by atoms with Gasteiger partial charge in [-0.2, -0.15) is 5.10 Å². The largest absolute Gasteiger partial charge is 0.350 e. The number of benzene rings is 1. The molecule has 4 heteroatoms. The molecule has 4 nitrogen and oxygen atoms in total. The van der Waals surface area contributed by atoms with Crippen LogP contribution in [0.2, 0.25) is 0 Å². The Hall–Kier alpha value is -1.84. The van der Waals surface area contributed by atoms with Crippen LogP contribution in [-0.4, -0.2) is 12.2 Å². The number of urea groups is 1. The van der Waals surface area contributed by atoms with E-state index in [0.29, 0.717) is 0 Å². The highest BCUT2D eigenvalue weighted by atomic mass is 16.2. The van der Waals surface area contributed by atoms with Crippen LogP contribution in [-0.2, 0) is 5.41 Å². The lowest BCUT2D eigenvalue weighted by atomic mass is 9.87. The van der Waals surface area contributed by atoms with Gasteiger partial charge in [-0.15, -0.1) is 0 Å². The Kier molecular flexibility index (Phi) is 3.66. The summed E-state index contributed by atoms with van der Waals surface area (Å²) in [6.45, 7) is 6.47. The van der Waals surface area contributed by atoms with Gasteiger partial charge in [-0.1, -0.05) is 45.0 Å². The van der Waals surface area contributed by atoms with E-state index in [0.717, 1.165) is 5.56 Å². The molecule has 0 saturated heterocycles. The van der Waals surface area contributed by atoms with Crippen molar-refractivity contribution < 1.29 is 4.79 Å². The van der Waals surface area contributed by atoms with Crippen LogP contribution in [0.1, 0.15) is 31.9 Å². The first-order valence-electron chi connectivity index (χ1n) is 5.08. The van der Waals surface area contributed by atoms with Gasteiger partial charge in [0.2, 0.25) is 0 Å². The van der Waals surface area contributed by atoms with Gasteiger partial charge in [0.1, 0.15) is 0 Å². The quantitative estimate of drug-likeness (QED) is 0.579. The molecule has 0 radical (unpaired) electrons. The third kappa shape index (κ3) is 3.73. The van der Waals surface area contributed by atoms with Crippen molar-refractivity contribution in [2.24, 2.45) is 10.8 Å². The van der Waals surface area contributed by atoms with E-state index in [9.17, 15) is 4.79 Å². The molecule has 3 N–H and O–H groups in total. The number of hydrogen-bond donors (Lipinski definition) is 2. The molecule has 0 heterocycles. The Labute approximate surface area is 95.5 Å². The van der Waals surface area contributed by atoms with Crippen LogP contribution in [0.15, 0.2) is 29.4 Å². The Morgan fingerprint density at radius 1 is 1.31 bits per heavy atom. The SMILES string of the molecule is CC(C)(C)c1ccc(/C=N\NC(N)=O)cc1. The predicted molar refractivity (Wildman–Crippen MR) is 65.5 cm³/mol. The molecular formula is C12H17N3O. The molecule has 16 heavy (non-hydrogen) atoms. The third-order valence-corrected chi connectivity index (χ3v) is 2.17. The van der Waals surface area contributed by atoms with Crippen LogP contribution in [0.25, 0.3) is 0 Å². The van der Waals surface area contributed by atoms with E-state index in [1.54, 1.807) is 6.21 Å². The number of amides is 2. The minimum atomic E-state index is -0.664. The maximum atomic E-state index is 10.4. The summed E-state index contributed by atoms with van der Waals surface area (Å²) < 4.78 is 0. The van der Waals surface area contributed by atoms with E-state index >= 15 is 0 Å². The van der Waals surface area contributed by atoms with E-state index in [4.69, 9.17) is 5.73 Å². The molecule has 1 rings (SSSR count). The Bertz CT molecular complexity index is 388. The maximum Gasteiger partial charge on any atom is 0.332 e. The molecule has 0 aliphatic rings. The summed E-state index contributed by atoms with van der Waals surface area (Å²) in [6.07, 6.45) is 1.55. The number of nitrogens with two attached hydrogens (primary N) is 1. The first-order chi connectivity index (χ1) is 7.39. The molecule has 2 amide bonds. The number of nitrogens with one attached hydrogen (secondary N) is 1. The second-order valence-corrected chi connectivity index (χ2v) is 4.61. The molecule has 0 bridgehead atoms. The fourth-order valence-corrected chi connectivity index (χ4v) is 1.24. The standard InChI is InChI=1S/C12H17N3O/c1-12(2,3)10-6-4-9(5-7-10)8-14-15-11(13)16/h4-8H,1-3H3,(H3,13,15,16)/b14-8-. The minimum absolute atomic E-state index is 0.140. The zero-order valence-corrected chi connectivity index (χ0v) is 9.82. The predicted octanol–water partition coefficient (Wildman–Crippen LogP) is 1.99. The van der Waals surface area contributed by atoms with Gasteiger partial charge in [0.15, 0.2) is 0 Å². The zero-order valence-electron chi connectivity index (χ0n) is 9.82. The summed E-state index contributed by atoms with van der Waals surface area (Å²) in [5, 5.41) is 3.68. The molecule has 0 atom stereocenters. The second-order valence-electron chi connectivity index (χ2n) is 4.61. The molecule has 0 spiro atoms. The van der Waals surface area contributed by atoms with Gasteiger partial charge in [-0.25, -0.2) is 10.2 Å². The first-order valence-corrected chi connectivity index (χ1v) is 5.08. The summed E-state index contributed by atoms with van der Waals surface area (Å²) in [6, 6.07) is 7.33. The van der Waals surface area contributed by atoms with Gasteiger partial charge in [-0.3, -0.25) is 0 Å². The van der Waals surface area contributed by atoms with Crippen molar-refractivity contribution in [1.29, 1.82) is 0 Å². The Balaban J connectivity index is 2.72. The van der Waals surface area contributed by atoms with Crippen molar-refractivity contribution in [2.45, 2.75) is 26.2 Å². The van der Waals surface area contributed by atoms with E-state index in [2.05, 4.69) is 31.3 Å². The smallest absolute Gasteiger partial charge is 0.332 e. The van der Waals surface area contributed by atoms with Crippen molar-refractivity contribution >= 4 is 12.2 Å². The lowest BCUT2D eigenvalue weighted by molar-refractivity contribution is 0.249. The van der Waals surface area contributed by atoms with Crippen molar-refractivity contribution in [2.75, 3.05) is 0 Å². The molecule has 1 aromatic rings. The van der Waals surface area contributed by atoms with Crippen molar-refractivity contribution in [3.05, 3.63) is 35.4 Å². The Morgan fingerprint density at radius 2 is 1.88 bits per heavy atom. The van der Waals surface area contributed by atoms with Crippen LogP contribution < -0.4 is 11.2 Å². The maximum absolute atomic E-state index is 10.4. The van der Waals surface area contributed by atoms with E-state index in [1.165, 1.54) is 5.56 Å². The normalized spacial score (nSPS) is 11.7. The molecule has 0 aliphatic heterocycles. The molecule has 0 fully saturated rings. The average Bonchev–Trinajstić information content (AvgIpc) is 2.16. The number of hydrazone groups is 1. The van der Waals surface area contributed by atoms with E-state index in [-0.39, 0.29) is 5.41 Å². The number of primary amides is 1. The van der Waals surface area contributed by atoms with Crippen LogP contribution in [0.5, 0.6) is 0 Å².